The summed E-state index contributed by atoms with van der Waals surface area (Å²) in [5.74, 6) is 0.610. The van der Waals surface area contributed by atoms with E-state index < -0.39 is 0 Å². The lowest BCUT2D eigenvalue weighted by Crippen LogP contribution is -2.10. The second kappa shape index (κ2) is 7.00. The third-order valence-electron chi connectivity index (χ3n) is 3.64. The number of nitrogens with zero attached hydrogens (tertiary/aromatic N) is 1. The highest BCUT2D eigenvalue weighted by molar-refractivity contribution is 6.36. The molecular formula is C17H15Cl3N2O. The minimum atomic E-state index is 0.0194. The van der Waals surface area contributed by atoms with Crippen LogP contribution in [0.2, 0.25) is 15.1 Å². The Balaban J connectivity index is 1.91. The standard InChI is InChI=1S/C17H15Cl3N2O/c1-2-23-17-12(7-10(18)8-14(17)20)16-9-15(21-22-16)11-5-3-4-6-13(11)19/h3-8,15,21H,2,9H2,1H3/t15-/m1/s1. The maximum Gasteiger partial charge on any atom is 0.147 e. The van der Waals surface area contributed by atoms with Gasteiger partial charge in [-0.1, -0.05) is 53.0 Å². The molecule has 1 N–H and O–H groups in total. The highest BCUT2D eigenvalue weighted by atomic mass is 35.5. The molecule has 1 atom stereocenters. The molecule has 23 heavy (non-hydrogen) atoms. The van der Waals surface area contributed by atoms with Gasteiger partial charge in [-0.15, -0.1) is 0 Å². The van der Waals surface area contributed by atoms with Gasteiger partial charge in [0.15, 0.2) is 0 Å². The first kappa shape index (κ1) is 16.4. The summed E-state index contributed by atoms with van der Waals surface area (Å²) in [7, 11) is 0. The van der Waals surface area contributed by atoms with Crippen LogP contribution < -0.4 is 10.2 Å². The summed E-state index contributed by atoms with van der Waals surface area (Å²) in [6.45, 7) is 2.43. The second-order valence-corrected chi connectivity index (χ2v) is 6.41. The van der Waals surface area contributed by atoms with Crippen LogP contribution in [0.25, 0.3) is 0 Å². The molecule has 2 aromatic carbocycles. The number of hydrogen-bond donors (Lipinski definition) is 1. The Bertz CT molecular complexity index is 761. The Morgan fingerprint density at radius 3 is 2.70 bits per heavy atom. The van der Waals surface area contributed by atoms with E-state index in [1.807, 2.05) is 37.3 Å². The predicted octanol–water partition coefficient (Wildman–Crippen LogP) is 5.48. The first-order chi connectivity index (χ1) is 11.1. The molecule has 3 rings (SSSR count). The SMILES string of the molecule is CCOc1c(Cl)cc(Cl)cc1C1=NN[C@@H](c2ccccc2Cl)C1. The molecule has 0 saturated carbocycles. The van der Waals surface area contributed by atoms with Crippen molar-refractivity contribution in [2.75, 3.05) is 6.61 Å². The van der Waals surface area contributed by atoms with Crippen LogP contribution in [0, 0.1) is 0 Å². The van der Waals surface area contributed by atoms with Crippen molar-refractivity contribution in [3.05, 3.63) is 62.6 Å². The van der Waals surface area contributed by atoms with Gasteiger partial charge in [0, 0.05) is 22.0 Å². The van der Waals surface area contributed by atoms with Crippen molar-refractivity contribution in [2.24, 2.45) is 5.10 Å². The molecule has 0 unspecified atom stereocenters. The van der Waals surface area contributed by atoms with E-state index in [1.165, 1.54) is 0 Å². The normalized spacial score (nSPS) is 16.9. The van der Waals surface area contributed by atoms with E-state index in [9.17, 15) is 0 Å². The lowest BCUT2D eigenvalue weighted by molar-refractivity contribution is 0.340. The molecule has 0 bridgehead atoms. The number of halogens is 3. The summed E-state index contributed by atoms with van der Waals surface area (Å²) < 4.78 is 5.67. The Morgan fingerprint density at radius 2 is 1.96 bits per heavy atom. The van der Waals surface area contributed by atoms with Gasteiger partial charge in [0.05, 0.1) is 23.4 Å². The molecule has 0 aromatic heterocycles. The van der Waals surface area contributed by atoms with Gasteiger partial charge >= 0.3 is 0 Å². The van der Waals surface area contributed by atoms with Gasteiger partial charge in [0.25, 0.3) is 0 Å². The first-order valence-electron chi connectivity index (χ1n) is 7.29. The van der Waals surface area contributed by atoms with E-state index in [0.717, 1.165) is 21.9 Å². The summed E-state index contributed by atoms with van der Waals surface area (Å²) >= 11 is 18.7. The maximum atomic E-state index is 6.27. The van der Waals surface area contributed by atoms with Crippen LogP contribution in [-0.2, 0) is 0 Å². The Kier molecular flexibility index (Phi) is 5.00. The quantitative estimate of drug-likeness (QED) is 0.773. The summed E-state index contributed by atoms with van der Waals surface area (Å²) in [5.41, 5.74) is 5.81. The Labute approximate surface area is 150 Å². The average Bonchev–Trinajstić information content (AvgIpc) is 3.00. The van der Waals surface area contributed by atoms with Crippen molar-refractivity contribution in [1.82, 2.24) is 5.43 Å². The molecule has 1 aliphatic heterocycles. The number of hydrazone groups is 1. The van der Waals surface area contributed by atoms with Crippen LogP contribution >= 0.6 is 34.8 Å². The van der Waals surface area contributed by atoms with Gasteiger partial charge in [-0.25, -0.2) is 0 Å². The molecule has 120 valence electrons. The zero-order valence-corrected chi connectivity index (χ0v) is 14.7. The molecule has 1 heterocycles. The lowest BCUT2D eigenvalue weighted by Gasteiger charge is -2.14. The van der Waals surface area contributed by atoms with Crippen LogP contribution in [0.1, 0.15) is 30.5 Å². The molecule has 0 amide bonds. The van der Waals surface area contributed by atoms with Crippen LogP contribution in [-0.4, -0.2) is 12.3 Å². The van der Waals surface area contributed by atoms with E-state index in [4.69, 9.17) is 39.5 Å². The van der Waals surface area contributed by atoms with Gasteiger partial charge in [-0.3, -0.25) is 0 Å². The predicted molar refractivity (Wildman–Crippen MR) is 96.1 cm³/mol. The number of ether oxygens (including phenoxy) is 1. The molecule has 0 aliphatic carbocycles. The first-order valence-corrected chi connectivity index (χ1v) is 8.42. The zero-order valence-electron chi connectivity index (χ0n) is 12.4. The third kappa shape index (κ3) is 3.42. The molecule has 6 heteroatoms. The van der Waals surface area contributed by atoms with Crippen LogP contribution in [0.15, 0.2) is 41.5 Å². The zero-order chi connectivity index (χ0) is 16.4. The smallest absolute Gasteiger partial charge is 0.147 e. The van der Waals surface area contributed by atoms with E-state index in [2.05, 4.69) is 10.5 Å². The monoisotopic (exact) mass is 368 g/mol. The van der Waals surface area contributed by atoms with Crippen molar-refractivity contribution >= 4 is 40.5 Å². The summed E-state index contributed by atoms with van der Waals surface area (Å²) in [4.78, 5) is 0. The fraction of sp³-hybridized carbons (Fsp3) is 0.235. The summed E-state index contributed by atoms with van der Waals surface area (Å²) in [6.07, 6.45) is 0.681. The highest BCUT2D eigenvalue weighted by Crippen LogP contribution is 2.37. The fourth-order valence-electron chi connectivity index (χ4n) is 2.61. The summed E-state index contributed by atoms with van der Waals surface area (Å²) in [5, 5.41) is 6.20. The molecule has 0 spiro atoms. The number of nitrogens with one attached hydrogen (secondary N) is 1. The molecule has 0 fully saturated rings. The van der Waals surface area contributed by atoms with Crippen molar-refractivity contribution in [3.8, 4) is 5.75 Å². The van der Waals surface area contributed by atoms with E-state index in [-0.39, 0.29) is 6.04 Å². The molecule has 3 nitrogen and oxygen atoms in total. The van der Waals surface area contributed by atoms with Crippen LogP contribution in [0.5, 0.6) is 5.75 Å². The van der Waals surface area contributed by atoms with Gasteiger partial charge in [0.1, 0.15) is 5.75 Å². The molecule has 0 radical (unpaired) electrons. The molecule has 1 aliphatic rings. The lowest BCUT2D eigenvalue weighted by atomic mass is 9.98. The van der Waals surface area contributed by atoms with E-state index in [0.29, 0.717) is 28.8 Å². The highest BCUT2D eigenvalue weighted by Gasteiger charge is 2.26. The van der Waals surface area contributed by atoms with Crippen molar-refractivity contribution < 1.29 is 4.74 Å². The number of benzene rings is 2. The van der Waals surface area contributed by atoms with Gasteiger partial charge < -0.3 is 10.2 Å². The maximum absolute atomic E-state index is 6.27. The Morgan fingerprint density at radius 1 is 1.17 bits per heavy atom. The largest absolute Gasteiger partial charge is 0.492 e. The third-order valence-corrected chi connectivity index (χ3v) is 4.48. The topological polar surface area (TPSA) is 33.6 Å². The van der Waals surface area contributed by atoms with Crippen molar-refractivity contribution in [3.63, 3.8) is 0 Å². The van der Waals surface area contributed by atoms with Gasteiger partial charge in [-0.2, -0.15) is 5.10 Å². The van der Waals surface area contributed by atoms with Crippen LogP contribution in [0.3, 0.4) is 0 Å². The van der Waals surface area contributed by atoms with E-state index in [1.54, 1.807) is 6.07 Å². The molecular weight excluding hydrogens is 355 g/mol. The number of hydrogen-bond acceptors (Lipinski definition) is 3. The minimum Gasteiger partial charge on any atom is -0.492 e. The van der Waals surface area contributed by atoms with Gasteiger partial charge in [0.2, 0.25) is 0 Å². The van der Waals surface area contributed by atoms with Crippen molar-refractivity contribution in [2.45, 2.75) is 19.4 Å². The number of rotatable bonds is 4. The fourth-order valence-corrected chi connectivity index (χ4v) is 3.43. The van der Waals surface area contributed by atoms with E-state index >= 15 is 0 Å². The molecule has 2 aromatic rings. The minimum absolute atomic E-state index is 0.0194. The van der Waals surface area contributed by atoms with Crippen LogP contribution in [0.4, 0.5) is 0 Å². The second-order valence-electron chi connectivity index (χ2n) is 5.16. The van der Waals surface area contributed by atoms with Gasteiger partial charge in [-0.05, 0) is 30.7 Å². The van der Waals surface area contributed by atoms with Crippen molar-refractivity contribution in [1.29, 1.82) is 0 Å². The average molecular weight is 370 g/mol. The Hall–Kier alpha value is -1.42. The molecule has 0 saturated heterocycles. The summed E-state index contributed by atoms with van der Waals surface area (Å²) in [6, 6.07) is 11.3.